The average molecular weight is 377 g/mol. The number of ketones is 1. The van der Waals surface area contributed by atoms with Crippen molar-refractivity contribution in [3.05, 3.63) is 58.1 Å². The summed E-state index contributed by atoms with van der Waals surface area (Å²) in [4.78, 5) is 24.2. The Morgan fingerprint density at radius 1 is 1.04 bits per heavy atom. The summed E-state index contributed by atoms with van der Waals surface area (Å²) < 4.78 is 16.6. The first-order chi connectivity index (χ1) is 11.1. The van der Waals surface area contributed by atoms with Crippen LogP contribution in [0.5, 0.6) is 11.5 Å². The van der Waals surface area contributed by atoms with E-state index >= 15 is 0 Å². The minimum Gasteiger partial charge on any atom is -0.486 e. The summed E-state index contributed by atoms with van der Waals surface area (Å²) in [5, 5.41) is 0. The zero-order valence-corrected chi connectivity index (χ0v) is 13.7. The standard InChI is InChI=1S/C17H13BrO5/c18-13-4-2-1-3-12(13)14(19)10-23-17(20)11-5-6-15-16(9-11)22-8-7-21-15/h1-6,9H,7-8,10H2. The molecule has 1 heterocycles. The highest BCUT2D eigenvalue weighted by Gasteiger charge is 2.17. The number of benzene rings is 2. The van der Waals surface area contributed by atoms with Crippen molar-refractivity contribution in [3.8, 4) is 11.5 Å². The monoisotopic (exact) mass is 376 g/mol. The van der Waals surface area contributed by atoms with E-state index in [0.29, 0.717) is 40.3 Å². The maximum Gasteiger partial charge on any atom is 0.338 e. The van der Waals surface area contributed by atoms with Gasteiger partial charge in [-0.3, -0.25) is 4.79 Å². The molecule has 3 rings (SSSR count). The molecule has 2 aromatic carbocycles. The first-order valence-corrected chi connectivity index (χ1v) is 7.79. The highest BCUT2D eigenvalue weighted by atomic mass is 79.9. The number of fused-ring (bicyclic) bond motifs is 1. The number of halogens is 1. The lowest BCUT2D eigenvalue weighted by Crippen LogP contribution is -2.17. The highest BCUT2D eigenvalue weighted by molar-refractivity contribution is 9.10. The molecule has 1 aliphatic heterocycles. The van der Waals surface area contributed by atoms with E-state index in [1.807, 2.05) is 6.07 Å². The SMILES string of the molecule is O=C(OCC(=O)c1ccccc1Br)c1ccc2c(c1)OCCO2. The molecule has 0 unspecified atom stereocenters. The predicted octanol–water partition coefficient (Wildman–Crippen LogP) is 3.26. The van der Waals surface area contributed by atoms with E-state index in [0.717, 1.165) is 0 Å². The van der Waals surface area contributed by atoms with Crippen molar-refractivity contribution in [1.82, 2.24) is 0 Å². The summed E-state index contributed by atoms with van der Waals surface area (Å²) in [6.07, 6.45) is 0. The van der Waals surface area contributed by atoms with Crippen LogP contribution in [-0.4, -0.2) is 31.6 Å². The van der Waals surface area contributed by atoms with Gasteiger partial charge in [0.1, 0.15) is 13.2 Å². The number of esters is 1. The van der Waals surface area contributed by atoms with Gasteiger partial charge in [-0.2, -0.15) is 0 Å². The molecule has 0 N–H and O–H groups in total. The molecule has 0 spiro atoms. The Morgan fingerprint density at radius 3 is 2.57 bits per heavy atom. The zero-order chi connectivity index (χ0) is 16.2. The molecular weight excluding hydrogens is 364 g/mol. The number of rotatable bonds is 4. The Morgan fingerprint density at radius 2 is 1.78 bits per heavy atom. The molecule has 1 aliphatic rings. The lowest BCUT2D eigenvalue weighted by atomic mass is 10.1. The van der Waals surface area contributed by atoms with Crippen molar-refractivity contribution in [2.75, 3.05) is 19.8 Å². The van der Waals surface area contributed by atoms with Crippen LogP contribution in [0.25, 0.3) is 0 Å². The second kappa shape index (κ2) is 6.83. The average Bonchev–Trinajstić information content (AvgIpc) is 2.59. The number of hydrogen-bond acceptors (Lipinski definition) is 5. The minimum atomic E-state index is -0.581. The van der Waals surface area contributed by atoms with Crippen molar-refractivity contribution in [2.45, 2.75) is 0 Å². The van der Waals surface area contributed by atoms with Crippen molar-refractivity contribution in [2.24, 2.45) is 0 Å². The van der Waals surface area contributed by atoms with Crippen molar-refractivity contribution < 1.29 is 23.8 Å². The van der Waals surface area contributed by atoms with Gasteiger partial charge >= 0.3 is 5.97 Å². The van der Waals surface area contributed by atoms with Gasteiger partial charge in [0.05, 0.1) is 5.56 Å². The summed E-state index contributed by atoms with van der Waals surface area (Å²) in [7, 11) is 0. The third-order valence-corrected chi connectivity index (χ3v) is 3.98. The summed E-state index contributed by atoms with van der Waals surface area (Å²) >= 11 is 3.30. The molecule has 0 radical (unpaired) electrons. The fourth-order valence-electron chi connectivity index (χ4n) is 2.15. The molecule has 6 heteroatoms. The normalized spacial score (nSPS) is 12.6. The Balaban J connectivity index is 1.66. The van der Waals surface area contributed by atoms with E-state index < -0.39 is 5.97 Å². The molecule has 118 valence electrons. The minimum absolute atomic E-state index is 0.275. The third kappa shape index (κ3) is 3.53. The number of Topliss-reactive ketones (excluding diaryl/α,β-unsaturated/α-hetero) is 1. The Hall–Kier alpha value is -2.34. The van der Waals surface area contributed by atoms with Gasteiger partial charge < -0.3 is 14.2 Å². The highest BCUT2D eigenvalue weighted by Crippen LogP contribution is 2.30. The van der Waals surface area contributed by atoms with E-state index in [1.54, 1.807) is 36.4 Å². The van der Waals surface area contributed by atoms with Crippen LogP contribution in [0.2, 0.25) is 0 Å². The number of carbonyl (C=O) groups is 2. The van der Waals surface area contributed by atoms with Crippen LogP contribution in [0.15, 0.2) is 46.9 Å². The number of ether oxygens (including phenoxy) is 3. The van der Waals surface area contributed by atoms with Crippen LogP contribution < -0.4 is 9.47 Å². The Kier molecular flexibility index (Phi) is 4.62. The first-order valence-electron chi connectivity index (χ1n) is 6.99. The molecule has 5 nitrogen and oxygen atoms in total. The van der Waals surface area contributed by atoms with E-state index in [9.17, 15) is 9.59 Å². The molecule has 0 aliphatic carbocycles. The molecular formula is C17H13BrO5. The van der Waals surface area contributed by atoms with Gasteiger partial charge in [-0.05, 0) is 24.3 Å². The van der Waals surface area contributed by atoms with Crippen LogP contribution in [0, 0.1) is 0 Å². The topological polar surface area (TPSA) is 61.8 Å². The molecule has 0 amide bonds. The van der Waals surface area contributed by atoms with E-state index in [-0.39, 0.29) is 12.4 Å². The van der Waals surface area contributed by atoms with Gasteiger partial charge in [0, 0.05) is 10.0 Å². The maximum atomic E-state index is 12.1. The lowest BCUT2D eigenvalue weighted by molar-refractivity contribution is 0.0473. The molecule has 23 heavy (non-hydrogen) atoms. The Labute approximate surface area is 141 Å². The third-order valence-electron chi connectivity index (χ3n) is 3.29. The summed E-state index contributed by atoms with van der Waals surface area (Å²) in [6, 6.07) is 11.8. The number of carbonyl (C=O) groups excluding carboxylic acids is 2. The summed E-state index contributed by atoms with van der Waals surface area (Å²) in [5.74, 6) is 0.241. The van der Waals surface area contributed by atoms with E-state index in [4.69, 9.17) is 14.2 Å². The predicted molar refractivity (Wildman–Crippen MR) is 86.2 cm³/mol. The molecule has 0 saturated heterocycles. The second-order valence-corrected chi connectivity index (χ2v) is 5.69. The van der Waals surface area contributed by atoms with Gasteiger partial charge in [-0.1, -0.05) is 34.1 Å². The van der Waals surface area contributed by atoms with Gasteiger partial charge in [0.25, 0.3) is 0 Å². The number of hydrogen-bond donors (Lipinski definition) is 0. The molecule has 0 bridgehead atoms. The van der Waals surface area contributed by atoms with E-state index in [2.05, 4.69) is 15.9 Å². The van der Waals surface area contributed by atoms with Gasteiger partial charge in [0.15, 0.2) is 18.1 Å². The fourth-order valence-corrected chi connectivity index (χ4v) is 2.66. The van der Waals surface area contributed by atoms with Crippen LogP contribution in [0.4, 0.5) is 0 Å². The smallest absolute Gasteiger partial charge is 0.338 e. The van der Waals surface area contributed by atoms with Crippen molar-refractivity contribution >= 4 is 27.7 Å². The van der Waals surface area contributed by atoms with E-state index in [1.165, 1.54) is 0 Å². The van der Waals surface area contributed by atoms with Gasteiger partial charge in [0.2, 0.25) is 5.78 Å². The molecule has 0 aromatic heterocycles. The van der Waals surface area contributed by atoms with Crippen LogP contribution in [-0.2, 0) is 4.74 Å². The van der Waals surface area contributed by atoms with Crippen molar-refractivity contribution in [1.29, 1.82) is 0 Å². The zero-order valence-electron chi connectivity index (χ0n) is 12.1. The largest absolute Gasteiger partial charge is 0.486 e. The fraction of sp³-hybridized carbons (Fsp3) is 0.176. The molecule has 0 atom stereocenters. The van der Waals surface area contributed by atoms with Crippen LogP contribution >= 0.6 is 15.9 Å². The van der Waals surface area contributed by atoms with Crippen molar-refractivity contribution in [3.63, 3.8) is 0 Å². The second-order valence-electron chi connectivity index (χ2n) is 4.84. The molecule has 0 fully saturated rings. The van der Waals surface area contributed by atoms with Crippen LogP contribution in [0.3, 0.4) is 0 Å². The quantitative estimate of drug-likeness (QED) is 0.605. The van der Waals surface area contributed by atoms with Gasteiger partial charge in [-0.15, -0.1) is 0 Å². The lowest BCUT2D eigenvalue weighted by Gasteiger charge is -2.18. The summed E-state index contributed by atoms with van der Waals surface area (Å²) in [5.41, 5.74) is 0.789. The first kappa shape index (κ1) is 15.6. The summed E-state index contributed by atoms with van der Waals surface area (Å²) in [6.45, 7) is 0.596. The maximum absolute atomic E-state index is 12.1. The molecule has 2 aromatic rings. The molecule has 0 saturated carbocycles. The van der Waals surface area contributed by atoms with Gasteiger partial charge in [-0.25, -0.2) is 4.79 Å². The van der Waals surface area contributed by atoms with Crippen LogP contribution in [0.1, 0.15) is 20.7 Å². The Bertz CT molecular complexity index is 756.